The Morgan fingerprint density at radius 1 is 1.00 bits per heavy atom. The van der Waals surface area contributed by atoms with E-state index in [-0.39, 0.29) is 11.8 Å². The first-order chi connectivity index (χ1) is 12.1. The van der Waals surface area contributed by atoms with Crippen molar-refractivity contribution in [2.75, 3.05) is 27.2 Å². The van der Waals surface area contributed by atoms with Crippen molar-refractivity contribution in [3.8, 4) is 0 Å². The lowest BCUT2D eigenvalue weighted by Crippen LogP contribution is -2.49. The molecule has 2 rings (SSSR count). The normalized spacial score (nSPS) is 11.6. The Kier molecular flexibility index (Phi) is 7.16. The van der Waals surface area contributed by atoms with Gasteiger partial charge in [-0.15, -0.1) is 0 Å². The molecule has 2 N–H and O–H groups in total. The van der Waals surface area contributed by atoms with Gasteiger partial charge < -0.3 is 15.5 Å². The Balaban J connectivity index is 2.13. The van der Waals surface area contributed by atoms with Crippen molar-refractivity contribution in [3.05, 3.63) is 71.8 Å². The summed E-state index contributed by atoms with van der Waals surface area (Å²) < 4.78 is 0. The fraction of sp³-hybridized carbons (Fsp3) is 0.300. The molecule has 1 unspecified atom stereocenters. The van der Waals surface area contributed by atoms with E-state index in [0.29, 0.717) is 25.1 Å². The van der Waals surface area contributed by atoms with Crippen LogP contribution in [-0.2, 0) is 11.2 Å². The molecule has 2 aromatic carbocycles. The Bertz CT molecular complexity index is 674. The Morgan fingerprint density at radius 3 is 2.20 bits per heavy atom. The number of carbonyl (C=O) groups is 2. The molecular formula is C20H25N3O2. The zero-order chi connectivity index (χ0) is 18.1. The van der Waals surface area contributed by atoms with Crippen LogP contribution in [0.1, 0.15) is 15.9 Å². The maximum atomic E-state index is 12.8. The van der Waals surface area contributed by atoms with Crippen LogP contribution in [-0.4, -0.2) is 49.9 Å². The second kappa shape index (κ2) is 9.59. The van der Waals surface area contributed by atoms with E-state index in [0.717, 1.165) is 5.56 Å². The molecule has 0 aliphatic carbocycles. The van der Waals surface area contributed by atoms with E-state index in [1.807, 2.05) is 55.6 Å². The van der Waals surface area contributed by atoms with Gasteiger partial charge in [0.25, 0.3) is 5.91 Å². The molecule has 0 aliphatic heterocycles. The maximum Gasteiger partial charge on any atom is 0.251 e. The van der Waals surface area contributed by atoms with Crippen molar-refractivity contribution >= 4 is 11.8 Å². The minimum Gasteiger partial charge on any atom is -0.343 e. The number of carbonyl (C=O) groups excluding carboxylic acids is 2. The molecular weight excluding hydrogens is 314 g/mol. The van der Waals surface area contributed by atoms with Crippen molar-refractivity contribution in [2.24, 2.45) is 0 Å². The largest absolute Gasteiger partial charge is 0.343 e. The second-order valence-corrected chi connectivity index (χ2v) is 5.95. The highest BCUT2D eigenvalue weighted by atomic mass is 16.2. The number of benzene rings is 2. The van der Waals surface area contributed by atoms with Crippen LogP contribution in [0.15, 0.2) is 60.7 Å². The summed E-state index contributed by atoms with van der Waals surface area (Å²) in [5, 5.41) is 5.92. The number of amides is 2. The molecule has 2 amide bonds. The SMILES string of the molecule is CNCCN(C)C(=O)C(Cc1ccccc1)NC(=O)c1ccccc1. The van der Waals surface area contributed by atoms with Gasteiger partial charge in [-0.05, 0) is 24.7 Å². The summed E-state index contributed by atoms with van der Waals surface area (Å²) in [6.07, 6.45) is 0.460. The van der Waals surface area contributed by atoms with Crippen molar-refractivity contribution < 1.29 is 9.59 Å². The first-order valence-corrected chi connectivity index (χ1v) is 8.41. The monoisotopic (exact) mass is 339 g/mol. The van der Waals surface area contributed by atoms with E-state index in [4.69, 9.17) is 0 Å². The molecule has 0 fully saturated rings. The van der Waals surface area contributed by atoms with E-state index >= 15 is 0 Å². The Hall–Kier alpha value is -2.66. The summed E-state index contributed by atoms with van der Waals surface area (Å²) in [6.45, 7) is 1.29. The van der Waals surface area contributed by atoms with Gasteiger partial charge >= 0.3 is 0 Å². The van der Waals surface area contributed by atoms with Crippen LogP contribution in [0.25, 0.3) is 0 Å². The summed E-state index contributed by atoms with van der Waals surface area (Å²) in [6, 6.07) is 18.1. The summed E-state index contributed by atoms with van der Waals surface area (Å²) in [5.74, 6) is -0.333. The minimum atomic E-state index is -0.600. The first-order valence-electron chi connectivity index (χ1n) is 8.41. The smallest absolute Gasteiger partial charge is 0.251 e. The molecule has 0 saturated heterocycles. The zero-order valence-electron chi connectivity index (χ0n) is 14.7. The quantitative estimate of drug-likeness (QED) is 0.770. The van der Waals surface area contributed by atoms with Crippen molar-refractivity contribution in [2.45, 2.75) is 12.5 Å². The molecule has 132 valence electrons. The predicted molar refractivity (Wildman–Crippen MR) is 99.4 cm³/mol. The van der Waals surface area contributed by atoms with E-state index < -0.39 is 6.04 Å². The van der Waals surface area contributed by atoms with Crippen LogP contribution < -0.4 is 10.6 Å². The number of rotatable bonds is 8. The van der Waals surface area contributed by atoms with Crippen molar-refractivity contribution in [1.29, 1.82) is 0 Å². The van der Waals surface area contributed by atoms with Gasteiger partial charge in [-0.25, -0.2) is 0 Å². The predicted octanol–water partition coefficient (Wildman–Crippen LogP) is 1.71. The number of likely N-dealkylation sites (N-methyl/N-ethyl adjacent to an activating group) is 2. The molecule has 2 aromatic rings. The first kappa shape index (κ1) is 18.7. The number of nitrogens with one attached hydrogen (secondary N) is 2. The van der Waals surface area contributed by atoms with Crippen LogP contribution in [0.4, 0.5) is 0 Å². The third-order valence-electron chi connectivity index (χ3n) is 4.00. The van der Waals surface area contributed by atoms with Gasteiger partial charge in [0.1, 0.15) is 6.04 Å². The lowest BCUT2D eigenvalue weighted by molar-refractivity contribution is -0.131. The Morgan fingerprint density at radius 2 is 1.60 bits per heavy atom. The average molecular weight is 339 g/mol. The van der Waals surface area contributed by atoms with Crippen LogP contribution in [0.3, 0.4) is 0 Å². The molecule has 25 heavy (non-hydrogen) atoms. The minimum absolute atomic E-state index is 0.0941. The molecule has 0 aliphatic rings. The molecule has 0 aromatic heterocycles. The van der Waals surface area contributed by atoms with Gasteiger partial charge in [0.15, 0.2) is 0 Å². The molecule has 1 atom stereocenters. The fourth-order valence-corrected chi connectivity index (χ4v) is 2.54. The third kappa shape index (κ3) is 5.72. The summed E-state index contributed by atoms with van der Waals surface area (Å²) >= 11 is 0. The van der Waals surface area contributed by atoms with E-state index in [2.05, 4.69) is 10.6 Å². The lowest BCUT2D eigenvalue weighted by atomic mass is 10.0. The highest BCUT2D eigenvalue weighted by Crippen LogP contribution is 2.07. The van der Waals surface area contributed by atoms with Gasteiger partial charge in [-0.1, -0.05) is 48.5 Å². The molecule has 0 spiro atoms. The molecule has 0 radical (unpaired) electrons. The number of nitrogens with zero attached hydrogens (tertiary/aromatic N) is 1. The molecule has 0 saturated carbocycles. The fourth-order valence-electron chi connectivity index (χ4n) is 2.54. The Labute approximate surface area is 149 Å². The number of hydrogen-bond acceptors (Lipinski definition) is 3. The number of hydrogen-bond donors (Lipinski definition) is 2. The zero-order valence-corrected chi connectivity index (χ0v) is 14.7. The van der Waals surface area contributed by atoms with Gasteiger partial charge in [0.2, 0.25) is 5.91 Å². The third-order valence-corrected chi connectivity index (χ3v) is 4.00. The standard InChI is InChI=1S/C20H25N3O2/c1-21-13-14-23(2)20(25)18(15-16-9-5-3-6-10-16)22-19(24)17-11-7-4-8-12-17/h3-12,18,21H,13-15H2,1-2H3,(H,22,24). The summed E-state index contributed by atoms with van der Waals surface area (Å²) in [4.78, 5) is 26.9. The highest BCUT2D eigenvalue weighted by Gasteiger charge is 2.24. The summed E-state index contributed by atoms with van der Waals surface area (Å²) in [5.41, 5.74) is 1.56. The van der Waals surface area contributed by atoms with Crippen LogP contribution in [0.5, 0.6) is 0 Å². The summed E-state index contributed by atoms with van der Waals surface area (Å²) in [7, 11) is 3.60. The van der Waals surface area contributed by atoms with Crippen LogP contribution in [0, 0.1) is 0 Å². The van der Waals surface area contributed by atoms with Gasteiger partial charge in [0.05, 0.1) is 0 Å². The maximum absolute atomic E-state index is 12.8. The topological polar surface area (TPSA) is 61.4 Å². The van der Waals surface area contributed by atoms with Crippen molar-refractivity contribution in [1.82, 2.24) is 15.5 Å². The second-order valence-electron chi connectivity index (χ2n) is 5.95. The molecule has 0 bridgehead atoms. The van der Waals surface area contributed by atoms with E-state index in [1.165, 1.54) is 0 Å². The highest BCUT2D eigenvalue weighted by molar-refractivity contribution is 5.97. The average Bonchev–Trinajstić information content (AvgIpc) is 2.66. The van der Waals surface area contributed by atoms with Gasteiger partial charge in [0, 0.05) is 32.1 Å². The van der Waals surface area contributed by atoms with E-state index in [1.54, 1.807) is 24.1 Å². The molecule has 5 heteroatoms. The molecule has 5 nitrogen and oxygen atoms in total. The van der Waals surface area contributed by atoms with E-state index in [9.17, 15) is 9.59 Å². The van der Waals surface area contributed by atoms with Crippen LogP contribution >= 0.6 is 0 Å². The lowest BCUT2D eigenvalue weighted by Gasteiger charge is -2.25. The molecule has 0 heterocycles. The van der Waals surface area contributed by atoms with Crippen LogP contribution in [0.2, 0.25) is 0 Å². The van der Waals surface area contributed by atoms with Crippen molar-refractivity contribution in [3.63, 3.8) is 0 Å². The van der Waals surface area contributed by atoms with Gasteiger partial charge in [-0.2, -0.15) is 0 Å². The van der Waals surface area contributed by atoms with Gasteiger partial charge in [-0.3, -0.25) is 9.59 Å².